The Bertz CT molecular complexity index is 845. The van der Waals surface area contributed by atoms with E-state index in [1.807, 2.05) is 42.5 Å². The third-order valence-electron chi connectivity index (χ3n) is 2.90. The van der Waals surface area contributed by atoms with E-state index < -0.39 is 0 Å². The lowest BCUT2D eigenvalue weighted by molar-refractivity contribution is 1.01. The van der Waals surface area contributed by atoms with E-state index >= 15 is 0 Å². The molecule has 2 aromatic heterocycles. The molecule has 0 saturated heterocycles. The van der Waals surface area contributed by atoms with Crippen LogP contribution in [0, 0.1) is 11.3 Å². The van der Waals surface area contributed by atoms with Crippen molar-refractivity contribution in [2.45, 2.75) is 0 Å². The molecular weight excluding hydrogens is 238 g/mol. The monoisotopic (exact) mass is 247 g/mol. The fourth-order valence-electron chi connectivity index (χ4n) is 2.04. The first kappa shape index (κ1) is 11.2. The number of para-hydroxylation sites is 1. The predicted octanol–water partition coefficient (Wildman–Crippen LogP) is 2.26. The molecule has 0 aliphatic rings. The average molecular weight is 247 g/mol. The zero-order chi connectivity index (χ0) is 13.2. The Labute approximate surface area is 109 Å². The van der Waals surface area contributed by atoms with Crippen molar-refractivity contribution in [3.8, 4) is 11.8 Å². The van der Waals surface area contributed by atoms with E-state index in [4.69, 9.17) is 5.26 Å². The summed E-state index contributed by atoms with van der Waals surface area (Å²) in [6.07, 6.45) is 1.63. The van der Waals surface area contributed by atoms with Gasteiger partial charge in [0.15, 0.2) is 0 Å². The zero-order valence-corrected chi connectivity index (χ0v) is 9.95. The average Bonchev–Trinajstić information content (AvgIpc) is 2.47. The van der Waals surface area contributed by atoms with Crippen molar-refractivity contribution < 1.29 is 0 Å². The lowest BCUT2D eigenvalue weighted by Crippen LogP contribution is -2.21. The Hall–Kier alpha value is -2.93. The summed E-state index contributed by atoms with van der Waals surface area (Å²) in [5.41, 5.74) is 1.02. The van der Waals surface area contributed by atoms with Crippen LogP contribution in [-0.4, -0.2) is 9.55 Å². The summed E-state index contributed by atoms with van der Waals surface area (Å²) < 4.78 is 1.47. The van der Waals surface area contributed by atoms with Gasteiger partial charge in [-0.1, -0.05) is 18.2 Å². The van der Waals surface area contributed by atoms with Gasteiger partial charge in [-0.15, -0.1) is 0 Å². The Kier molecular flexibility index (Phi) is 2.58. The fourth-order valence-corrected chi connectivity index (χ4v) is 2.04. The van der Waals surface area contributed by atoms with E-state index in [1.54, 1.807) is 18.3 Å². The highest BCUT2D eigenvalue weighted by molar-refractivity contribution is 5.78. The molecule has 0 aliphatic heterocycles. The first-order chi connectivity index (χ1) is 9.31. The molecule has 19 heavy (non-hydrogen) atoms. The molecule has 0 atom stereocenters. The molecule has 1 aromatic carbocycles. The molecule has 0 spiro atoms. The molecule has 0 fully saturated rings. The summed E-state index contributed by atoms with van der Waals surface area (Å²) in [6, 6.07) is 16.3. The van der Waals surface area contributed by atoms with Gasteiger partial charge < -0.3 is 0 Å². The van der Waals surface area contributed by atoms with Crippen LogP contribution in [0.1, 0.15) is 5.56 Å². The largest absolute Gasteiger partial charge is 0.274 e. The summed E-state index contributed by atoms with van der Waals surface area (Å²) in [6.45, 7) is 0. The molecule has 4 nitrogen and oxygen atoms in total. The number of rotatable bonds is 1. The van der Waals surface area contributed by atoms with Crippen molar-refractivity contribution in [2.75, 3.05) is 0 Å². The van der Waals surface area contributed by atoms with Crippen LogP contribution in [0.2, 0.25) is 0 Å². The minimum absolute atomic E-state index is 0.115. The number of nitriles is 1. The van der Waals surface area contributed by atoms with Gasteiger partial charge in [0, 0.05) is 11.6 Å². The number of aromatic nitrogens is 2. The van der Waals surface area contributed by atoms with Crippen LogP contribution in [0.3, 0.4) is 0 Å². The second-order valence-electron chi connectivity index (χ2n) is 4.06. The maximum atomic E-state index is 12.3. The van der Waals surface area contributed by atoms with Crippen LogP contribution in [0.5, 0.6) is 0 Å². The number of hydrogen-bond acceptors (Lipinski definition) is 3. The standard InChI is InChI=1S/C15H9N3O/c16-10-12-9-11-5-4-8-17-14(11)18(15(12)19)13-6-2-1-3-7-13/h1-9H. The normalized spacial score (nSPS) is 10.3. The van der Waals surface area contributed by atoms with Gasteiger partial charge in [0.25, 0.3) is 5.56 Å². The molecule has 0 bridgehead atoms. The van der Waals surface area contributed by atoms with Crippen molar-refractivity contribution in [1.29, 1.82) is 5.26 Å². The molecule has 4 heteroatoms. The first-order valence-corrected chi connectivity index (χ1v) is 5.77. The van der Waals surface area contributed by atoms with Crippen LogP contribution >= 0.6 is 0 Å². The molecule has 2 heterocycles. The molecular formula is C15H9N3O. The fraction of sp³-hybridized carbons (Fsp3) is 0. The van der Waals surface area contributed by atoms with Gasteiger partial charge in [-0.2, -0.15) is 5.26 Å². The van der Waals surface area contributed by atoms with E-state index in [9.17, 15) is 4.79 Å². The second-order valence-corrected chi connectivity index (χ2v) is 4.06. The lowest BCUT2D eigenvalue weighted by atomic mass is 10.2. The van der Waals surface area contributed by atoms with Gasteiger partial charge in [-0.25, -0.2) is 4.98 Å². The van der Waals surface area contributed by atoms with Crippen molar-refractivity contribution in [3.05, 3.63) is 70.6 Å². The van der Waals surface area contributed by atoms with Crippen LogP contribution in [0.15, 0.2) is 59.5 Å². The Morgan fingerprint density at radius 2 is 1.89 bits per heavy atom. The molecule has 0 radical (unpaired) electrons. The molecule has 0 unspecified atom stereocenters. The predicted molar refractivity (Wildman–Crippen MR) is 72.1 cm³/mol. The Morgan fingerprint density at radius 1 is 1.11 bits per heavy atom. The van der Waals surface area contributed by atoms with Gasteiger partial charge >= 0.3 is 0 Å². The van der Waals surface area contributed by atoms with Gasteiger partial charge in [-0.3, -0.25) is 9.36 Å². The Morgan fingerprint density at radius 3 is 2.63 bits per heavy atom. The number of pyridine rings is 2. The quantitative estimate of drug-likeness (QED) is 0.662. The van der Waals surface area contributed by atoms with E-state index in [2.05, 4.69) is 4.98 Å². The lowest BCUT2D eigenvalue weighted by Gasteiger charge is -2.09. The van der Waals surface area contributed by atoms with E-state index in [0.717, 1.165) is 5.39 Å². The number of benzene rings is 1. The van der Waals surface area contributed by atoms with Crippen molar-refractivity contribution in [1.82, 2.24) is 9.55 Å². The van der Waals surface area contributed by atoms with Crippen molar-refractivity contribution in [3.63, 3.8) is 0 Å². The highest BCUT2D eigenvalue weighted by Gasteiger charge is 2.10. The third kappa shape index (κ3) is 1.78. The van der Waals surface area contributed by atoms with E-state index in [1.165, 1.54) is 4.57 Å². The van der Waals surface area contributed by atoms with Crippen molar-refractivity contribution in [2.24, 2.45) is 0 Å². The summed E-state index contributed by atoms with van der Waals surface area (Å²) in [5.74, 6) is 0. The number of nitrogens with zero attached hydrogens (tertiary/aromatic N) is 3. The molecule has 0 amide bonds. The van der Waals surface area contributed by atoms with Crippen LogP contribution in [0.25, 0.3) is 16.7 Å². The summed E-state index contributed by atoms with van der Waals surface area (Å²) >= 11 is 0. The first-order valence-electron chi connectivity index (χ1n) is 5.77. The third-order valence-corrected chi connectivity index (χ3v) is 2.90. The van der Waals surface area contributed by atoms with Crippen molar-refractivity contribution >= 4 is 11.0 Å². The molecule has 0 aliphatic carbocycles. The van der Waals surface area contributed by atoms with Crippen LogP contribution < -0.4 is 5.56 Å². The summed E-state index contributed by atoms with van der Waals surface area (Å²) in [5, 5.41) is 9.83. The zero-order valence-electron chi connectivity index (χ0n) is 9.95. The second kappa shape index (κ2) is 4.39. The molecule has 3 aromatic rings. The SMILES string of the molecule is N#Cc1cc2cccnc2n(-c2ccccc2)c1=O. The minimum Gasteiger partial charge on any atom is -0.267 e. The van der Waals surface area contributed by atoms with Gasteiger partial charge in [-0.05, 0) is 30.3 Å². The maximum absolute atomic E-state index is 12.3. The molecule has 0 saturated carbocycles. The van der Waals surface area contributed by atoms with Crippen LogP contribution in [0.4, 0.5) is 0 Å². The van der Waals surface area contributed by atoms with E-state index in [0.29, 0.717) is 11.3 Å². The smallest absolute Gasteiger partial charge is 0.267 e. The van der Waals surface area contributed by atoms with Gasteiger partial charge in [0.1, 0.15) is 17.3 Å². The summed E-state index contributed by atoms with van der Waals surface area (Å²) in [4.78, 5) is 16.6. The highest BCUT2D eigenvalue weighted by atomic mass is 16.1. The maximum Gasteiger partial charge on any atom is 0.274 e. The van der Waals surface area contributed by atoms with Gasteiger partial charge in [0.2, 0.25) is 0 Å². The molecule has 3 rings (SSSR count). The van der Waals surface area contributed by atoms with E-state index in [-0.39, 0.29) is 11.1 Å². The summed E-state index contributed by atoms with van der Waals surface area (Å²) in [7, 11) is 0. The van der Waals surface area contributed by atoms with Crippen LogP contribution in [-0.2, 0) is 0 Å². The minimum atomic E-state index is -0.347. The topological polar surface area (TPSA) is 58.7 Å². The molecule has 90 valence electrons. The molecule has 0 N–H and O–H groups in total. The van der Waals surface area contributed by atoms with Gasteiger partial charge in [0.05, 0.1) is 5.69 Å². The Balaban J connectivity index is 2.50. The number of fused-ring (bicyclic) bond motifs is 1. The highest BCUT2D eigenvalue weighted by Crippen LogP contribution is 2.15. The number of hydrogen-bond donors (Lipinski definition) is 0.